The van der Waals surface area contributed by atoms with Crippen LogP contribution in [0.3, 0.4) is 0 Å². The minimum atomic E-state index is 0.624. The highest BCUT2D eigenvalue weighted by molar-refractivity contribution is 5.29. The fourth-order valence-corrected chi connectivity index (χ4v) is 4.03. The topological polar surface area (TPSA) is 27.7 Å². The van der Waals surface area contributed by atoms with Crippen LogP contribution < -0.4 is 10.1 Å². The first kappa shape index (κ1) is 17.5. The molecule has 2 aliphatic heterocycles. The molecular formula is C22H29N3O. The molecule has 0 spiro atoms. The Kier molecular flexibility index (Phi) is 5.85. The van der Waals surface area contributed by atoms with Crippen molar-refractivity contribution in [2.45, 2.75) is 25.6 Å². The van der Waals surface area contributed by atoms with Crippen molar-refractivity contribution in [2.24, 2.45) is 0 Å². The molecule has 0 aliphatic carbocycles. The summed E-state index contributed by atoms with van der Waals surface area (Å²) in [6, 6.07) is 19.7. The minimum Gasteiger partial charge on any atom is -0.489 e. The zero-order valence-electron chi connectivity index (χ0n) is 15.4. The van der Waals surface area contributed by atoms with Crippen LogP contribution in [0.1, 0.15) is 17.5 Å². The van der Waals surface area contributed by atoms with Crippen molar-refractivity contribution < 1.29 is 4.74 Å². The third-order valence-electron chi connectivity index (χ3n) is 5.47. The molecule has 2 fully saturated rings. The van der Waals surface area contributed by atoms with Crippen LogP contribution in [0.2, 0.25) is 0 Å². The monoisotopic (exact) mass is 351 g/mol. The van der Waals surface area contributed by atoms with Gasteiger partial charge in [-0.05, 0) is 29.7 Å². The average Bonchev–Trinajstić information content (AvgIpc) is 3.17. The second kappa shape index (κ2) is 8.67. The number of ether oxygens (including phenoxy) is 1. The molecule has 2 aliphatic rings. The van der Waals surface area contributed by atoms with Crippen LogP contribution in [0.15, 0.2) is 54.6 Å². The highest BCUT2D eigenvalue weighted by Gasteiger charge is 2.28. The van der Waals surface area contributed by atoms with Gasteiger partial charge in [-0.25, -0.2) is 0 Å². The summed E-state index contributed by atoms with van der Waals surface area (Å²) in [5.41, 5.74) is 2.55. The number of piperazine rings is 1. The van der Waals surface area contributed by atoms with Crippen LogP contribution >= 0.6 is 0 Å². The molecule has 0 aromatic heterocycles. The van der Waals surface area contributed by atoms with Gasteiger partial charge in [0.15, 0.2) is 0 Å². The first-order valence-corrected chi connectivity index (χ1v) is 9.79. The van der Waals surface area contributed by atoms with E-state index in [0.717, 1.165) is 31.4 Å². The van der Waals surface area contributed by atoms with Crippen molar-refractivity contribution in [3.05, 3.63) is 65.7 Å². The summed E-state index contributed by atoms with van der Waals surface area (Å²) in [4.78, 5) is 5.25. The van der Waals surface area contributed by atoms with Crippen molar-refractivity contribution in [3.63, 3.8) is 0 Å². The maximum atomic E-state index is 5.98. The Morgan fingerprint density at radius 2 is 1.73 bits per heavy atom. The minimum absolute atomic E-state index is 0.624. The van der Waals surface area contributed by atoms with E-state index >= 15 is 0 Å². The van der Waals surface area contributed by atoms with Crippen LogP contribution in [0.5, 0.6) is 5.75 Å². The Morgan fingerprint density at radius 3 is 2.58 bits per heavy atom. The lowest BCUT2D eigenvalue weighted by atomic mass is 10.2. The number of nitrogens with zero attached hydrogens (tertiary/aromatic N) is 2. The normalized spacial score (nSPS) is 21.8. The maximum absolute atomic E-state index is 5.98. The molecule has 0 amide bonds. The molecule has 4 rings (SSSR count). The van der Waals surface area contributed by atoms with E-state index in [2.05, 4.69) is 63.6 Å². The number of hydrogen-bond acceptors (Lipinski definition) is 4. The van der Waals surface area contributed by atoms with Crippen LogP contribution in [0, 0.1) is 0 Å². The van der Waals surface area contributed by atoms with E-state index in [0.29, 0.717) is 6.61 Å². The van der Waals surface area contributed by atoms with Crippen molar-refractivity contribution in [1.82, 2.24) is 15.1 Å². The number of likely N-dealkylation sites (tertiary alicyclic amines) is 1. The second-order valence-corrected chi connectivity index (χ2v) is 7.39. The predicted octanol–water partition coefficient (Wildman–Crippen LogP) is 2.75. The van der Waals surface area contributed by atoms with Gasteiger partial charge in [-0.1, -0.05) is 42.5 Å². The first-order chi connectivity index (χ1) is 12.9. The lowest BCUT2D eigenvalue weighted by Crippen LogP contribution is -2.49. The average molecular weight is 351 g/mol. The highest BCUT2D eigenvalue weighted by Crippen LogP contribution is 2.21. The van der Waals surface area contributed by atoms with Gasteiger partial charge in [0.05, 0.1) is 0 Å². The van der Waals surface area contributed by atoms with Crippen LogP contribution in [0.4, 0.5) is 0 Å². The molecule has 0 saturated carbocycles. The SMILES string of the molecule is c1ccc(COc2cccc(CN3CCC(N4CCNCC4)C3)c2)cc1. The second-order valence-electron chi connectivity index (χ2n) is 7.39. The van der Waals surface area contributed by atoms with E-state index < -0.39 is 0 Å². The third-order valence-corrected chi connectivity index (χ3v) is 5.47. The molecule has 2 aromatic carbocycles. The van der Waals surface area contributed by atoms with Crippen molar-refractivity contribution in [1.29, 1.82) is 0 Å². The first-order valence-electron chi connectivity index (χ1n) is 9.79. The summed E-state index contributed by atoms with van der Waals surface area (Å²) in [5.74, 6) is 0.962. The van der Waals surface area contributed by atoms with Crippen LogP contribution in [0.25, 0.3) is 0 Å². The summed E-state index contributed by atoms with van der Waals surface area (Å²) in [5, 5.41) is 3.45. The van der Waals surface area contributed by atoms with E-state index in [1.165, 1.54) is 43.7 Å². The largest absolute Gasteiger partial charge is 0.489 e. The van der Waals surface area contributed by atoms with Gasteiger partial charge in [0.2, 0.25) is 0 Å². The lowest BCUT2D eigenvalue weighted by Gasteiger charge is -2.32. The molecule has 4 heteroatoms. The molecule has 26 heavy (non-hydrogen) atoms. The smallest absolute Gasteiger partial charge is 0.120 e. The quantitative estimate of drug-likeness (QED) is 0.866. The summed E-state index contributed by atoms with van der Waals surface area (Å²) in [6.07, 6.45) is 1.30. The summed E-state index contributed by atoms with van der Waals surface area (Å²) in [6.45, 7) is 8.69. The van der Waals surface area contributed by atoms with Gasteiger partial charge in [-0.15, -0.1) is 0 Å². The van der Waals surface area contributed by atoms with Gasteiger partial charge in [0.25, 0.3) is 0 Å². The number of nitrogens with one attached hydrogen (secondary N) is 1. The standard InChI is InChI=1S/C22H29N3O/c1-2-5-19(6-3-1)18-26-22-8-4-7-20(15-22)16-24-12-9-21(17-24)25-13-10-23-11-14-25/h1-8,15,21,23H,9-14,16-18H2. The summed E-state index contributed by atoms with van der Waals surface area (Å²) >= 11 is 0. The molecule has 1 atom stereocenters. The Bertz CT molecular complexity index is 685. The van der Waals surface area contributed by atoms with Crippen molar-refractivity contribution >= 4 is 0 Å². The summed E-state index contributed by atoms with van der Waals surface area (Å²) < 4.78 is 5.98. The zero-order valence-corrected chi connectivity index (χ0v) is 15.4. The molecule has 2 saturated heterocycles. The zero-order chi connectivity index (χ0) is 17.6. The highest BCUT2D eigenvalue weighted by atomic mass is 16.5. The van der Waals surface area contributed by atoms with Gasteiger partial charge in [-0.3, -0.25) is 9.80 Å². The number of benzene rings is 2. The number of hydrogen-bond donors (Lipinski definition) is 1. The molecule has 138 valence electrons. The molecule has 0 radical (unpaired) electrons. The Labute approximate surface area is 156 Å². The molecular weight excluding hydrogens is 322 g/mol. The fourth-order valence-electron chi connectivity index (χ4n) is 4.03. The van der Waals surface area contributed by atoms with E-state index in [-0.39, 0.29) is 0 Å². The molecule has 0 bridgehead atoms. The Hall–Kier alpha value is -1.88. The molecule has 2 heterocycles. The third kappa shape index (κ3) is 4.64. The van der Waals surface area contributed by atoms with Gasteiger partial charge in [-0.2, -0.15) is 0 Å². The molecule has 4 nitrogen and oxygen atoms in total. The molecule has 1 unspecified atom stereocenters. The van der Waals surface area contributed by atoms with Gasteiger partial charge < -0.3 is 10.1 Å². The van der Waals surface area contributed by atoms with E-state index in [1.807, 2.05) is 6.07 Å². The van der Waals surface area contributed by atoms with E-state index in [4.69, 9.17) is 4.74 Å². The Balaban J connectivity index is 1.29. The summed E-state index contributed by atoms with van der Waals surface area (Å²) in [7, 11) is 0. The van der Waals surface area contributed by atoms with Crippen molar-refractivity contribution in [2.75, 3.05) is 39.3 Å². The predicted molar refractivity (Wildman–Crippen MR) is 105 cm³/mol. The molecule has 2 aromatic rings. The maximum Gasteiger partial charge on any atom is 0.120 e. The van der Waals surface area contributed by atoms with E-state index in [1.54, 1.807) is 0 Å². The Morgan fingerprint density at radius 1 is 0.923 bits per heavy atom. The van der Waals surface area contributed by atoms with Crippen LogP contribution in [-0.4, -0.2) is 55.1 Å². The van der Waals surface area contributed by atoms with Gasteiger partial charge in [0, 0.05) is 51.9 Å². The van der Waals surface area contributed by atoms with E-state index in [9.17, 15) is 0 Å². The molecule has 1 N–H and O–H groups in total. The van der Waals surface area contributed by atoms with Gasteiger partial charge in [0.1, 0.15) is 12.4 Å². The number of rotatable bonds is 6. The van der Waals surface area contributed by atoms with Crippen LogP contribution in [-0.2, 0) is 13.2 Å². The fraction of sp³-hybridized carbons (Fsp3) is 0.455. The van der Waals surface area contributed by atoms with Gasteiger partial charge >= 0.3 is 0 Å². The lowest BCUT2D eigenvalue weighted by molar-refractivity contribution is 0.170. The van der Waals surface area contributed by atoms with Crippen molar-refractivity contribution in [3.8, 4) is 5.75 Å².